The van der Waals surface area contributed by atoms with Crippen molar-refractivity contribution >= 4 is 18.4 Å². The topological polar surface area (TPSA) is 29.5 Å². The number of nitrogens with zero attached hydrogens (tertiary/aromatic N) is 1. The second-order valence-corrected chi connectivity index (χ2v) is 5.94. The van der Waals surface area contributed by atoms with Crippen molar-refractivity contribution in [3.05, 3.63) is 35.6 Å². The molecule has 2 aliphatic heterocycles. The maximum atomic E-state index is 13.1. The first-order valence-corrected chi connectivity index (χ1v) is 7.27. The minimum atomic E-state index is -0.312. The molecule has 3 rings (SSSR count). The summed E-state index contributed by atoms with van der Waals surface area (Å²) in [4.78, 5) is 14.4. The van der Waals surface area contributed by atoms with Gasteiger partial charge < -0.3 is 9.64 Å². The number of hydrogen-bond acceptors (Lipinski definition) is 3. The van der Waals surface area contributed by atoms with Crippen LogP contribution in [0.3, 0.4) is 0 Å². The highest BCUT2D eigenvalue weighted by atomic mass is 35.5. The Hall–Kier alpha value is -1.13. The van der Waals surface area contributed by atoms with Gasteiger partial charge in [0.15, 0.2) is 0 Å². The van der Waals surface area contributed by atoms with Crippen LogP contribution in [0.15, 0.2) is 24.3 Å². The van der Waals surface area contributed by atoms with Crippen LogP contribution >= 0.6 is 12.4 Å². The number of carbonyl (C=O) groups is 1. The van der Waals surface area contributed by atoms with Gasteiger partial charge in [0.1, 0.15) is 11.9 Å². The van der Waals surface area contributed by atoms with Crippen LogP contribution in [0.5, 0.6) is 0 Å². The summed E-state index contributed by atoms with van der Waals surface area (Å²) >= 11 is 0. The fraction of sp³-hybridized carbons (Fsp3) is 0.562. The lowest BCUT2D eigenvalue weighted by Crippen LogP contribution is -2.43. The molecule has 0 spiro atoms. The maximum Gasteiger partial charge on any atom is 0.310 e. The van der Waals surface area contributed by atoms with E-state index in [0.717, 1.165) is 12.8 Å². The second kappa shape index (κ2) is 6.75. The van der Waals surface area contributed by atoms with E-state index >= 15 is 0 Å². The summed E-state index contributed by atoms with van der Waals surface area (Å²) in [6, 6.07) is 7.25. The molecule has 2 atom stereocenters. The fourth-order valence-electron chi connectivity index (χ4n) is 3.50. The predicted octanol–water partition coefficient (Wildman–Crippen LogP) is 2.96. The molecule has 1 aromatic rings. The van der Waals surface area contributed by atoms with Crippen LogP contribution in [-0.4, -0.2) is 36.1 Å². The van der Waals surface area contributed by atoms with Gasteiger partial charge >= 0.3 is 5.97 Å². The first-order valence-electron chi connectivity index (χ1n) is 7.27. The lowest BCUT2D eigenvalue weighted by Gasteiger charge is -2.35. The standard InChI is InChI=1S/C16H20FNO2.ClH/c1-18-13-5-6-14(18)10-15(9-13)20-16(19)8-11-3-2-4-12(17)7-11;/h2-4,7,13-15H,5-6,8-10H2,1H3;1H. The molecular weight excluding hydrogens is 293 g/mol. The molecular formula is C16H21ClFNO2. The second-order valence-electron chi connectivity index (χ2n) is 5.94. The van der Waals surface area contributed by atoms with Crippen molar-refractivity contribution in [2.24, 2.45) is 0 Å². The number of fused-ring (bicyclic) bond motifs is 2. The number of benzene rings is 1. The van der Waals surface area contributed by atoms with Gasteiger partial charge in [-0.15, -0.1) is 12.4 Å². The molecule has 2 fully saturated rings. The molecule has 0 radical (unpaired) electrons. The molecule has 5 heteroatoms. The summed E-state index contributed by atoms with van der Waals surface area (Å²) in [7, 11) is 2.16. The summed E-state index contributed by atoms with van der Waals surface area (Å²) < 4.78 is 18.6. The Kier molecular flexibility index (Phi) is 5.22. The van der Waals surface area contributed by atoms with Crippen molar-refractivity contribution in [3.8, 4) is 0 Å². The SMILES string of the molecule is CN1C2CCC1CC(OC(=O)Cc1cccc(F)c1)C2.Cl. The third-order valence-corrected chi connectivity index (χ3v) is 4.59. The van der Waals surface area contributed by atoms with Crippen molar-refractivity contribution in [2.75, 3.05) is 7.05 Å². The zero-order valence-electron chi connectivity index (χ0n) is 12.1. The van der Waals surface area contributed by atoms with Crippen molar-refractivity contribution in [1.82, 2.24) is 4.90 Å². The zero-order valence-corrected chi connectivity index (χ0v) is 12.9. The van der Waals surface area contributed by atoms with Crippen LogP contribution in [0.2, 0.25) is 0 Å². The van der Waals surface area contributed by atoms with E-state index in [0.29, 0.717) is 17.6 Å². The Morgan fingerprint density at radius 1 is 1.33 bits per heavy atom. The molecule has 0 aliphatic carbocycles. The van der Waals surface area contributed by atoms with Crippen molar-refractivity contribution in [1.29, 1.82) is 0 Å². The Bertz CT molecular complexity index is 497. The minimum absolute atomic E-state index is 0. The van der Waals surface area contributed by atoms with Gasteiger partial charge in [-0.3, -0.25) is 4.79 Å². The largest absolute Gasteiger partial charge is 0.462 e. The van der Waals surface area contributed by atoms with Gasteiger partial charge in [-0.2, -0.15) is 0 Å². The molecule has 116 valence electrons. The first-order chi connectivity index (χ1) is 9.61. The molecule has 0 N–H and O–H groups in total. The lowest BCUT2D eigenvalue weighted by molar-refractivity contribution is -0.151. The van der Waals surface area contributed by atoms with E-state index in [1.165, 1.54) is 25.0 Å². The van der Waals surface area contributed by atoms with Crippen LogP contribution < -0.4 is 0 Å². The average molecular weight is 314 g/mol. The third kappa shape index (κ3) is 3.74. The van der Waals surface area contributed by atoms with Gasteiger partial charge in [0.2, 0.25) is 0 Å². The quantitative estimate of drug-likeness (QED) is 0.804. The molecule has 0 saturated carbocycles. The van der Waals surface area contributed by atoms with E-state index < -0.39 is 0 Å². The molecule has 3 nitrogen and oxygen atoms in total. The molecule has 21 heavy (non-hydrogen) atoms. The molecule has 0 aromatic heterocycles. The molecule has 2 aliphatic rings. The minimum Gasteiger partial charge on any atom is -0.462 e. The number of rotatable bonds is 3. The average Bonchev–Trinajstić information content (AvgIpc) is 2.61. The van der Waals surface area contributed by atoms with Crippen molar-refractivity contribution < 1.29 is 13.9 Å². The highest BCUT2D eigenvalue weighted by molar-refractivity contribution is 5.85. The number of ether oxygens (including phenoxy) is 1. The molecule has 2 unspecified atom stereocenters. The van der Waals surface area contributed by atoms with Crippen LogP contribution in [0.1, 0.15) is 31.2 Å². The summed E-state index contributed by atoms with van der Waals surface area (Å²) in [5, 5.41) is 0. The van der Waals surface area contributed by atoms with Gasteiger partial charge in [0.25, 0.3) is 0 Å². The molecule has 1 aromatic carbocycles. The molecule has 2 bridgehead atoms. The Morgan fingerprint density at radius 2 is 2.00 bits per heavy atom. The number of hydrogen-bond donors (Lipinski definition) is 0. The third-order valence-electron chi connectivity index (χ3n) is 4.59. The van der Waals surface area contributed by atoms with E-state index in [1.54, 1.807) is 12.1 Å². The monoisotopic (exact) mass is 313 g/mol. The van der Waals surface area contributed by atoms with Crippen LogP contribution in [-0.2, 0) is 16.0 Å². The van der Waals surface area contributed by atoms with Gasteiger partial charge in [0.05, 0.1) is 6.42 Å². The zero-order chi connectivity index (χ0) is 14.1. The van der Waals surface area contributed by atoms with Crippen LogP contribution in [0.4, 0.5) is 4.39 Å². The van der Waals surface area contributed by atoms with E-state index in [-0.39, 0.29) is 36.7 Å². The van der Waals surface area contributed by atoms with E-state index in [9.17, 15) is 9.18 Å². The van der Waals surface area contributed by atoms with Gasteiger partial charge in [-0.1, -0.05) is 12.1 Å². The number of piperidine rings is 1. The highest BCUT2D eigenvalue weighted by Crippen LogP contribution is 2.35. The van der Waals surface area contributed by atoms with Crippen LogP contribution in [0, 0.1) is 5.82 Å². The molecule has 2 heterocycles. The lowest BCUT2D eigenvalue weighted by atomic mass is 10.0. The van der Waals surface area contributed by atoms with Gasteiger partial charge in [0, 0.05) is 12.1 Å². The van der Waals surface area contributed by atoms with E-state index in [2.05, 4.69) is 11.9 Å². The number of esters is 1. The Balaban J connectivity index is 0.00000161. The first kappa shape index (κ1) is 16.2. The van der Waals surface area contributed by atoms with Crippen LogP contribution in [0.25, 0.3) is 0 Å². The van der Waals surface area contributed by atoms with Gasteiger partial charge in [-0.25, -0.2) is 4.39 Å². The Morgan fingerprint density at radius 3 is 2.62 bits per heavy atom. The maximum absolute atomic E-state index is 13.1. The normalized spacial score (nSPS) is 28.0. The smallest absolute Gasteiger partial charge is 0.310 e. The molecule has 0 amide bonds. The van der Waals surface area contributed by atoms with E-state index in [1.807, 2.05) is 0 Å². The Labute approximate surface area is 130 Å². The van der Waals surface area contributed by atoms with Gasteiger partial charge in [-0.05, 0) is 50.4 Å². The number of halogens is 2. The van der Waals surface area contributed by atoms with E-state index in [4.69, 9.17) is 4.74 Å². The molecule has 2 saturated heterocycles. The number of carbonyl (C=O) groups excluding carboxylic acids is 1. The summed E-state index contributed by atoms with van der Waals surface area (Å²) in [5.74, 6) is -0.558. The summed E-state index contributed by atoms with van der Waals surface area (Å²) in [5.41, 5.74) is 0.672. The summed E-state index contributed by atoms with van der Waals surface area (Å²) in [6.07, 6.45) is 4.46. The summed E-state index contributed by atoms with van der Waals surface area (Å²) in [6.45, 7) is 0. The highest BCUT2D eigenvalue weighted by Gasteiger charge is 2.39. The van der Waals surface area contributed by atoms with Crippen molar-refractivity contribution in [3.63, 3.8) is 0 Å². The van der Waals surface area contributed by atoms with Crippen molar-refractivity contribution in [2.45, 2.75) is 50.3 Å². The predicted molar refractivity (Wildman–Crippen MR) is 81.0 cm³/mol. The fourth-order valence-corrected chi connectivity index (χ4v) is 3.50.